The van der Waals surface area contributed by atoms with Crippen LogP contribution < -0.4 is 9.47 Å². The molecule has 0 spiro atoms. The number of carbonyl (C=O) groups excluding carboxylic acids is 2. The molecule has 1 saturated heterocycles. The first-order valence-electron chi connectivity index (χ1n) is 8.96. The number of rotatable bonds is 4. The fraction of sp³-hybridized carbons (Fsp3) is 0.450. The molecule has 0 unspecified atom stereocenters. The predicted octanol–water partition coefficient (Wildman–Crippen LogP) is 2.09. The Balaban J connectivity index is 1.41. The van der Waals surface area contributed by atoms with Gasteiger partial charge < -0.3 is 9.47 Å². The Labute approximate surface area is 151 Å². The van der Waals surface area contributed by atoms with Gasteiger partial charge in [0.1, 0.15) is 0 Å². The van der Waals surface area contributed by atoms with Gasteiger partial charge in [-0.15, -0.1) is 0 Å². The van der Waals surface area contributed by atoms with E-state index in [1.807, 2.05) is 6.07 Å². The Kier molecular flexibility index (Phi) is 3.26. The molecule has 2 bridgehead atoms. The molecule has 3 fully saturated rings. The maximum absolute atomic E-state index is 12.9. The minimum atomic E-state index is -0.219. The first-order chi connectivity index (χ1) is 12.6. The summed E-state index contributed by atoms with van der Waals surface area (Å²) in [4.78, 5) is 25.7. The van der Waals surface area contributed by atoms with Crippen LogP contribution in [0.4, 0.5) is 0 Å². The maximum Gasteiger partial charge on any atom is 0.254 e. The van der Waals surface area contributed by atoms with Gasteiger partial charge in [-0.25, -0.2) is 0 Å². The standard InChI is InChI=1S/C20H20N2O4/c1-25-15-6-3-10(7-16(15)26-2)9-21-22-19(23)17-11-4-5-12(14-8-13(11)14)18(17)20(22)24/h3-7,9,11-14,17-18H,8H2,1-2H3/b21-9-/t11-,12-,13-,14-,17-,18+/m1/s1. The van der Waals surface area contributed by atoms with Crippen LogP contribution in [0.1, 0.15) is 12.0 Å². The second-order valence-corrected chi connectivity index (χ2v) is 7.50. The first-order valence-corrected chi connectivity index (χ1v) is 8.96. The summed E-state index contributed by atoms with van der Waals surface area (Å²) in [5, 5.41) is 5.32. The zero-order valence-electron chi connectivity index (χ0n) is 14.7. The van der Waals surface area contributed by atoms with Crippen LogP contribution in [0.3, 0.4) is 0 Å². The fourth-order valence-electron chi connectivity index (χ4n) is 5.11. The van der Waals surface area contributed by atoms with E-state index in [-0.39, 0.29) is 35.5 Å². The number of ether oxygens (including phenoxy) is 2. The molecule has 2 saturated carbocycles. The number of hydrogen-bond donors (Lipinski definition) is 0. The minimum absolute atomic E-state index is 0.151. The Morgan fingerprint density at radius 3 is 2.19 bits per heavy atom. The number of benzene rings is 1. The highest BCUT2D eigenvalue weighted by Gasteiger charge is 2.67. The number of carbonyl (C=O) groups is 2. The summed E-state index contributed by atoms with van der Waals surface area (Å²) in [6, 6.07) is 5.34. The summed E-state index contributed by atoms with van der Waals surface area (Å²) in [5.41, 5.74) is 0.738. The lowest BCUT2D eigenvalue weighted by Gasteiger charge is -2.37. The fourth-order valence-corrected chi connectivity index (χ4v) is 5.11. The van der Waals surface area contributed by atoms with Crippen molar-refractivity contribution in [2.75, 3.05) is 14.2 Å². The molecule has 4 aliphatic carbocycles. The van der Waals surface area contributed by atoms with Crippen LogP contribution in [0.15, 0.2) is 35.5 Å². The monoisotopic (exact) mass is 352 g/mol. The van der Waals surface area contributed by atoms with Crippen LogP contribution >= 0.6 is 0 Å². The zero-order valence-corrected chi connectivity index (χ0v) is 14.7. The van der Waals surface area contributed by atoms with Gasteiger partial charge in [-0.05, 0) is 53.9 Å². The van der Waals surface area contributed by atoms with Crippen molar-refractivity contribution in [2.45, 2.75) is 6.42 Å². The molecule has 1 aromatic carbocycles. The Bertz CT molecular complexity index is 825. The third-order valence-electron chi connectivity index (χ3n) is 6.37. The topological polar surface area (TPSA) is 68.2 Å². The number of amides is 2. The third kappa shape index (κ3) is 2.01. The summed E-state index contributed by atoms with van der Waals surface area (Å²) < 4.78 is 10.5. The number of hydrogen-bond acceptors (Lipinski definition) is 5. The molecule has 1 aromatic rings. The molecule has 134 valence electrons. The van der Waals surface area contributed by atoms with Crippen LogP contribution in [0.25, 0.3) is 0 Å². The maximum atomic E-state index is 12.9. The number of nitrogens with zero attached hydrogens (tertiary/aromatic N) is 2. The van der Waals surface area contributed by atoms with Crippen molar-refractivity contribution in [1.29, 1.82) is 0 Å². The van der Waals surface area contributed by atoms with Gasteiger partial charge in [-0.1, -0.05) is 12.2 Å². The average Bonchev–Trinajstić information content (AvgIpc) is 3.45. The van der Waals surface area contributed by atoms with E-state index < -0.39 is 0 Å². The molecule has 6 nitrogen and oxygen atoms in total. The molecule has 1 aliphatic heterocycles. The van der Waals surface area contributed by atoms with Crippen LogP contribution in [0, 0.1) is 35.5 Å². The van der Waals surface area contributed by atoms with Gasteiger partial charge >= 0.3 is 0 Å². The van der Waals surface area contributed by atoms with E-state index >= 15 is 0 Å². The molecular formula is C20H20N2O4. The van der Waals surface area contributed by atoms with E-state index in [1.165, 1.54) is 6.21 Å². The minimum Gasteiger partial charge on any atom is -0.493 e. The van der Waals surface area contributed by atoms with Crippen LogP contribution in [0.5, 0.6) is 11.5 Å². The highest BCUT2D eigenvalue weighted by molar-refractivity contribution is 6.06. The second kappa shape index (κ2) is 5.43. The highest BCUT2D eigenvalue weighted by Crippen LogP contribution is 2.65. The highest BCUT2D eigenvalue weighted by atomic mass is 16.5. The van der Waals surface area contributed by atoms with E-state index in [0.717, 1.165) is 17.0 Å². The largest absolute Gasteiger partial charge is 0.493 e. The predicted molar refractivity (Wildman–Crippen MR) is 93.7 cm³/mol. The molecular weight excluding hydrogens is 332 g/mol. The Hall–Kier alpha value is -2.63. The first kappa shape index (κ1) is 15.6. The number of imide groups is 1. The van der Waals surface area contributed by atoms with E-state index in [0.29, 0.717) is 23.3 Å². The SMILES string of the molecule is COc1ccc(/C=N\N2C(=O)[C@@H]3[C@@H]4C=C[C@H]([C@H]5C[C@H]45)[C@@H]3C2=O)cc1OC. The number of allylic oxidation sites excluding steroid dienone is 2. The Morgan fingerprint density at radius 1 is 1.00 bits per heavy atom. The van der Waals surface area contributed by atoms with Crippen molar-refractivity contribution in [3.63, 3.8) is 0 Å². The second-order valence-electron chi connectivity index (χ2n) is 7.50. The van der Waals surface area contributed by atoms with Gasteiger partial charge in [0.2, 0.25) is 0 Å². The summed E-state index contributed by atoms with van der Waals surface area (Å²) >= 11 is 0. The number of hydrazone groups is 1. The van der Waals surface area contributed by atoms with Crippen molar-refractivity contribution in [1.82, 2.24) is 5.01 Å². The molecule has 0 radical (unpaired) electrons. The summed E-state index contributed by atoms with van der Waals surface area (Å²) in [5.74, 6) is 2.07. The van der Waals surface area contributed by atoms with Crippen LogP contribution in [-0.2, 0) is 9.59 Å². The number of methoxy groups -OCH3 is 2. The molecule has 2 amide bonds. The smallest absolute Gasteiger partial charge is 0.254 e. The lowest BCUT2D eigenvalue weighted by atomic mass is 9.63. The molecule has 6 heteroatoms. The van der Waals surface area contributed by atoms with Crippen molar-refractivity contribution in [3.05, 3.63) is 35.9 Å². The summed E-state index contributed by atoms with van der Waals surface area (Å²) in [6.45, 7) is 0. The molecule has 5 aliphatic rings. The normalized spacial score (nSPS) is 36.5. The molecule has 6 atom stereocenters. The summed E-state index contributed by atoms with van der Waals surface area (Å²) in [7, 11) is 3.13. The lowest BCUT2D eigenvalue weighted by Crippen LogP contribution is -2.40. The molecule has 26 heavy (non-hydrogen) atoms. The van der Waals surface area contributed by atoms with Crippen LogP contribution in [0.2, 0.25) is 0 Å². The van der Waals surface area contributed by atoms with Gasteiger partial charge in [0.05, 0.1) is 32.3 Å². The lowest BCUT2D eigenvalue weighted by molar-refractivity contribution is -0.140. The van der Waals surface area contributed by atoms with Crippen LogP contribution in [-0.4, -0.2) is 37.3 Å². The van der Waals surface area contributed by atoms with Crippen molar-refractivity contribution < 1.29 is 19.1 Å². The third-order valence-corrected chi connectivity index (χ3v) is 6.37. The molecule has 6 rings (SSSR count). The Morgan fingerprint density at radius 2 is 1.62 bits per heavy atom. The summed E-state index contributed by atoms with van der Waals surface area (Å²) in [6.07, 6.45) is 7.01. The van der Waals surface area contributed by atoms with Gasteiger partial charge in [0, 0.05) is 0 Å². The van der Waals surface area contributed by atoms with E-state index in [1.54, 1.807) is 26.4 Å². The molecule has 0 N–H and O–H groups in total. The van der Waals surface area contributed by atoms with E-state index in [9.17, 15) is 9.59 Å². The van der Waals surface area contributed by atoms with Crippen molar-refractivity contribution >= 4 is 18.0 Å². The van der Waals surface area contributed by atoms with Gasteiger partial charge in [-0.3, -0.25) is 9.59 Å². The van der Waals surface area contributed by atoms with Gasteiger partial charge in [-0.2, -0.15) is 10.1 Å². The zero-order chi connectivity index (χ0) is 18.0. The van der Waals surface area contributed by atoms with Gasteiger partial charge in [0.15, 0.2) is 11.5 Å². The van der Waals surface area contributed by atoms with E-state index in [4.69, 9.17) is 9.47 Å². The average molecular weight is 352 g/mol. The van der Waals surface area contributed by atoms with Crippen molar-refractivity contribution in [2.24, 2.45) is 40.6 Å². The molecule has 1 heterocycles. The van der Waals surface area contributed by atoms with Crippen molar-refractivity contribution in [3.8, 4) is 11.5 Å². The molecule has 0 aromatic heterocycles. The quantitative estimate of drug-likeness (QED) is 0.473. The van der Waals surface area contributed by atoms with Gasteiger partial charge in [0.25, 0.3) is 11.8 Å². The van der Waals surface area contributed by atoms with E-state index in [2.05, 4.69) is 17.3 Å².